The molecule has 0 aromatic heterocycles. The fourth-order valence-electron chi connectivity index (χ4n) is 1.83. The van der Waals surface area contributed by atoms with Crippen molar-refractivity contribution in [3.05, 3.63) is 36.5 Å². The molecule has 1 unspecified atom stereocenters. The van der Waals surface area contributed by atoms with Gasteiger partial charge in [0, 0.05) is 6.54 Å². The van der Waals surface area contributed by atoms with Crippen LogP contribution in [0.1, 0.15) is 34.1 Å². The van der Waals surface area contributed by atoms with Crippen molar-refractivity contribution in [1.29, 1.82) is 0 Å². The summed E-state index contributed by atoms with van der Waals surface area (Å²) in [4.78, 5) is 26.5. The fourth-order valence-corrected chi connectivity index (χ4v) is 1.83. The number of alkyl carbamates (subject to hydrolysis) is 1. The minimum absolute atomic E-state index is 0.275. The van der Waals surface area contributed by atoms with Gasteiger partial charge in [0.15, 0.2) is 6.04 Å². The van der Waals surface area contributed by atoms with E-state index in [4.69, 9.17) is 9.47 Å². The van der Waals surface area contributed by atoms with Gasteiger partial charge in [-0.1, -0.05) is 30.9 Å². The minimum Gasteiger partial charge on any atom is -0.464 e. The van der Waals surface area contributed by atoms with Crippen LogP contribution in [0.4, 0.5) is 4.79 Å². The van der Waals surface area contributed by atoms with E-state index in [1.807, 2.05) is 32.0 Å². The molecule has 6 heteroatoms. The number of nitrogens with one attached hydrogen (secondary N) is 1. The van der Waals surface area contributed by atoms with Crippen molar-refractivity contribution in [2.45, 2.75) is 45.8 Å². The monoisotopic (exact) mass is 352 g/mol. The van der Waals surface area contributed by atoms with Crippen molar-refractivity contribution in [1.82, 2.24) is 10.2 Å². The Morgan fingerprint density at radius 3 is 2.40 bits per heavy atom. The third-order valence-electron chi connectivity index (χ3n) is 2.94. The predicted molar refractivity (Wildman–Crippen MR) is 100 cm³/mol. The van der Waals surface area contributed by atoms with Crippen LogP contribution in [0.5, 0.6) is 0 Å². The van der Waals surface area contributed by atoms with Gasteiger partial charge >= 0.3 is 12.1 Å². The third-order valence-corrected chi connectivity index (χ3v) is 2.94. The van der Waals surface area contributed by atoms with E-state index in [1.165, 1.54) is 6.08 Å². The van der Waals surface area contributed by atoms with Gasteiger partial charge in [0.1, 0.15) is 5.60 Å². The van der Waals surface area contributed by atoms with Crippen LogP contribution >= 0.6 is 0 Å². The van der Waals surface area contributed by atoms with Gasteiger partial charge in [0.2, 0.25) is 0 Å². The van der Waals surface area contributed by atoms with Gasteiger partial charge in [-0.2, -0.15) is 0 Å². The van der Waals surface area contributed by atoms with E-state index in [1.54, 1.807) is 32.9 Å². The molecule has 0 fully saturated rings. The van der Waals surface area contributed by atoms with Gasteiger partial charge in [0.05, 0.1) is 6.61 Å². The van der Waals surface area contributed by atoms with Gasteiger partial charge < -0.3 is 19.7 Å². The highest BCUT2D eigenvalue weighted by Gasteiger charge is 2.27. The first-order chi connectivity index (χ1) is 11.6. The first kappa shape index (κ1) is 22.9. The average Bonchev–Trinajstić information content (AvgIpc) is 2.48. The first-order valence-electron chi connectivity index (χ1n) is 8.37. The summed E-state index contributed by atoms with van der Waals surface area (Å²) in [7, 11) is 3.90. The number of hydrogen-bond acceptors (Lipinski definition) is 5. The number of ether oxygens (including phenoxy) is 2. The van der Waals surface area contributed by atoms with Crippen LogP contribution in [0.3, 0.4) is 0 Å². The summed E-state index contributed by atoms with van der Waals surface area (Å²) in [5.74, 6) is -0.541. The molecular weight excluding hydrogens is 320 g/mol. The molecule has 1 amide bonds. The van der Waals surface area contributed by atoms with Gasteiger partial charge in [-0.15, -0.1) is 0 Å². The maximum absolute atomic E-state index is 12.4. The standard InChI is InChI=1S/C19H32N2O4/c1-8-10-12-15(9-2)16(20-18(23)25-19(3,4)5)17(22)24-14-11-13-21(6)7/h8-10,12,16H,2,11,13-14H2,1,3-7H3,(H,20,23)/b10-8-,15-12+. The highest BCUT2D eigenvalue weighted by molar-refractivity contribution is 5.85. The highest BCUT2D eigenvalue weighted by Crippen LogP contribution is 2.11. The van der Waals surface area contributed by atoms with Crippen LogP contribution < -0.4 is 5.32 Å². The molecule has 6 nitrogen and oxygen atoms in total. The molecule has 1 atom stereocenters. The van der Waals surface area contributed by atoms with Gasteiger partial charge in [-0.25, -0.2) is 9.59 Å². The zero-order valence-corrected chi connectivity index (χ0v) is 16.3. The summed E-state index contributed by atoms with van der Waals surface area (Å²) in [5.41, 5.74) is -0.132. The Hall–Kier alpha value is -2.08. The molecule has 0 heterocycles. The molecule has 0 bridgehead atoms. The van der Waals surface area contributed by atoms with Crippen LogP contribution in [0.15, 0.2) is 36.5 Å². The lowest BCUT2D eigenvalue weighted by atomic mass is 10.1. The number of esters is 1. The van der Waals surface area contributed by atoms with Crippen LogP contribution in [0, 0.1) is 0 Å². The van der Waals surface area contributed by atoms with Crippen molar-refractivity contribution >= 4 is 12.1 Å². The van der Waals surface area contributed by atoms with E-state index in [2.05, 4.69) is 11.9 Å². The lowest BCUT2D eigenvalue weighted by molar-refractivity contribution is -0.145. The Bertz CT molecular complexity index is 502. The molecule has 0 rings (SSSR count). The van der Waals surface area contributed by atoms with E-state index in [9.17, 15) is 9.59 Å². The lowest BCUT2D eigenvalue weighted by Gasteiger charge is -2.23. The van der Waals surface area contributed by atoms with E-state index in [-0.39, 0.29) is 6.61 Å². The lowest BCUT2D eigenvalue weighted by Crippen LogP contribution is -2.45. The van der Waals surface area contributed by atoms with E-state index >= 15 is 0 Å². The number of hydrogen-bond donors (Lipinski definition) is 1. The van der Waals surface area contributed by atoms with Crippen molar-refractivity contribution in [3.8, 4) is 0 Å². The Labute approximate surface area is 151 Å². The second-order valence-electron chi connectivity index (χ2n) is 6.80. The van der Waals surface area contributed by atoms with E-state index < -0.39 is 23.7 Å². The van der Waals surface area contributed by atoms with Crippen molar-refractivity contribution in [2.24, 2.45) is 0 Å². The first-order valence-corrected chi connectivity index (χ1v) is 8.37. The Morgan fingerprint density at radius 1 is 1.28 bits per heavy atom. The molecule has 0 aliphatic rings. The van der Waals surface area contributed by atoms with Gasteiger partial charge in [-0.3, -0.25) is 0 Å². The summed E-state index contributed by atoms with van der Waals surface area (Å²) in [5, 5.41) is 2.56. The molecule has 142 valence electrons. The zero-order chi connectivity index (χ0) is 19.5. The predicted octanol–water partition coefficient (Wildman–Crippen LogP) is 3.06. The number of rotatable bonds is 9. The molecule has 0 saturated carbocycles. The second-order valence-corrected chi connectivity index (χ2v) is 6.80. The summed E-state index contributed by atoms with van der Waals surface area (Å²) < 4.78 is 10.5. The Morgan fingerprint density at radius 2 is 1.92 bits per heavy atom. The largest absolute Gasteiger partial charge is 0.464 e. The van der Waals surface area contributed by atoms with E-state index in [0.717, 1.165) is 6.54 Å². The maximum atomic E-state index is 12.4. The molecule has 0 aliphatic heterocycles. The molecule has 0 aromatic rings. The highest BCUT2D eigenvalue weighted by atomic mass is 16.6. The second kappa shape index (κ2) is 11.5. The normalized spacial score (nSPS) is 13.6. The molecule has 0 saturated heterocycles. The molecule has 1 N–H and O–H groups in total. The van der Waals surface area contributed by atoms with Crippen molar-refractivity contribution in [2.75, 3.05) is 27.2 Å². The molecule has 0 radical (unpaired) electrons. The fraction of sp³-hybridized carbons (Fsp3) is 0.579. The maximum Gasteiger partial charge on any atom is 0.408 e. The van der Waals surface area contributed by atoms with Gasteiger partial charge in [0.25, 0.3) is 0 Å². The Kier molecular flexibility index (Phi) is 10.5. The van der Waals surface area contributed by atoms with Crippen molar-refractivity contribution in [3.63, 3.8) is 0 Å². The number of allylic oxidation sites excluding steroid dienone is 3. The topological polar surface area (TPSA) is 67.9 Å². The summed E-state index contributed by atoms with van der Waals surface area (Å²) in [6, 6.07) is -0.970. The SMILES string of the molecule is C=C/C(=C\C=C/C)C(NC(=O)OC(C)(C)C)C(=O)OCCCN(C)C. The molecule has 0 aromatic carbocycles. The quantitative estimate of drug-likeness (QED) is 0.392. The Balaban J connectivity index is 5.08. The average molecular weight is 352 g/mol. The minimum atomic E-state index is -0.970. The number of carbonyl (C=O) groups excluding carboxylic acids is 2. The van der Waals surface area contributed by atoms with Crippen LogP contribution in [-0.4, -0.2) is 55.9 Å². The number of amides is 1. The smallest absolute Gasteiger partial charge is 0.408 e. The molecule has 0 spiro atoms. The van der Waals surface area contributed by atoms with Crippen LogP contribution in [0.2, 0.25) is 0 Å². The number of nitrogens with zero attached hydrogens (tertiary/aromatic N) is 1. The van der Waals surface area contributed by atoms with Crippen molar-refractivity contribution < 1.29 is 19.1 Å². The molecular formula is C19H32N2O4. The van der Waals surface area contributed by atoms with Crippen LogP contribution in [-0.2, 0) is 14.3 Å². The zero-order valence-electron chi connectivity index (χ0n) is 16.3. The number of carbonyl (C=O) groups is 2. The van der Waals surface area contributed by atoms with Crippen LogP contribution in [0.25, 0.3) is 0 Å². The van der Waals surface area contributed by atoms with Gasteiger partial charge in [-0.05, 0) is 53.8 Å². The molecule has 0 aliphatic carbocycles. The summed E-state index contributed by atoms with van der Waals surface area (Å²) in [6.07, 6.45) is 6.83. The summed E-state index contributed by atoms with van der Waals surface area (Å²) in [6.45, 7) is 11.9. The van der Waals surface area contributed by atoms with E-state index in [0.29, 0.717) is 12.0 Å². The molecule has 25 heavy (non-hydrogen) atoms. The third kappa shape index (κ3) is 11.2. The summed E-state index contributed by atoms with van der Waals surface area (Å²) >= 11 is 0.